The molecule has 1 saturated heterocycles. The normalized spacial score (nSPS) is 19.8. The maximum Gasteiger partial charge on any atom is 0.338 e. The van der Waals surface area contributed by atoms with E-state index in [1.165, 1.54) is 5.56 Å². The van der Waals surface area contributed by atoms with Gasteiger partial charge in [-0.3, -0.25) is 9.69 Å². The molecule has 0 bridgehead atoms. The molecule has 29 heavy (non-hydrogen) atoms. The fraction of sp³-hybridized carbons (Fsp3) is 0.500. The van der Waals surface area contributed by atoms with Crippen LogP contribution in [0.25, 0.3) is 0 Å². The van der Waals surface area contributed by atoms with Crippen LogP contribution in [0.15, 0.2) is 40.5 Å². The lowest BCUT2D eigenvalue weighted by Crippen LogP contribution is -2.45. The van der Waals surface area contributed by atoms with E-state index in [9.17, 15) is 9.59 Å². The van der Waals surface area contributed by atoms with Crippen molar-refractivity contribution in [3.8, 4) is 0 Å². The highest BCUT2D eigenvalue weighted by atomic mass is 32.2. The Kier molecular flexibility index (Phi) is 6.49. The third-order valence-electron chi connectivity index (χ3n) is 5.04. The number of fused-ring (bicyclic) bond motifs is 1. The lowest BCUT2D eigenvalue weighted by atomic mass is 9.85. The number of amides is 1. The minimum absolute atomic E-state index is 0.0160. The van der Waals surface area contributed by atoms with E-state index < -0.39 is 12.0 Å². The third kappa shape index (κ3) is 4.56. The molecule has 0 saturated carbocycles. The second-order valence-electron chi connectivity index (χ2n) is 8.16. The Hall–Kier alpha value is -2.12. The number of benzene rings is 1. The molecular formula is C22H28N2O4S. The van der Waals surface area contributed by atoms with E-state index >= 15 is 0 Å². The van der Waals surface area contributed by atoms with Crippen LogP contribution < -0.4 is 0 Å². The van der Waals surface area contributed by atoms with Gasteiger partial charge in [0.1, 0.15) is 6.61 Å². The standard InChI is InChI=1S/C22H28N2O4S/c1-14-18(20(26)28-12-11-27-5)19(24-17(25)10-13-29-21(24)23-14)15-6-8-16(9-7-15)22(2,3)4/h6-9,19H,10-13H2,1-5H3/t19-/m1/s1. The van der Waals surface area contributed by atoms with E-state index in [2.05, 4.69) is 37.9 Å². The van der Waals surface area contributed by atoms with Gasteiger partial charge in [-0.15, -0.1) is 0 Å². The molecule has 1 aromatic carbocycles. The van der Waals surface area contributed by atoms with Crippen LogP contribution in [0.4, 0.5) is 0 Å². The molecule has 0 unspecified atom stereocenters. The molecule has 0 radical (unpaired) electrons. The zero-order valence-corrected chi connectivity index (χ0v) is 18.5. The number of hydrogen-bond acceptors (Lipinski definition) is 6. The van der Waals surface area contributed by atoms with Crippen molar-refractivity contribution in [1.82, 2.24) is 4.90 Å². The van der Waals surface area contributed by atoms with Gasteiger partial charge in [-0.2, -0.15) is 0 Å². The van der Waals surface area contributed by atoms with Crippen molar-refractivity contribution in [2.75, 3.05) is 26.1 Å². The molecule has 1 amide bonds. The molecule has 0 aliphatic carbocycles. The highest BCUT2D eigenvalue weighted by molar-refractivity contribution is 8.14. The lowest BCUT2D eigenvalue weighted by Gasteiger charge is -2.39. The Morgan fingerprint density at radius 3 is 2.55 bits per heavy atom. The Morgan fingerprint density at radius 2 is 1.93 bits per heavy atom. The summed E-state index contributed by atoms with van der Waals surface area (Å²) < 4.78 is 10.4. The van der Waals surface area contributed by atoms with Crippen molar-refractivity contribution in [1.29, 1.82) is 0 Å². The lowest BCUT2D eigenvalue weighted by molar-refractivity contribution is -0.141. The summed E-state index contributed by atoms with van der Waals surface area (Å²) in [5.74, 6) is 0.211. The summed E-state index contributed by atoms with van der Waals surface area (Å²) in [6.45, 7) is 8.73. The molecule has 156 valence electrons. The average molecular weight is 417 g/mol. The zero-order chi connectivity index (χ0) is 21.2. The van der Waals surface area contributed by atoms with E-state index in [1.54, 1.807) is 30.7 Å². The van der Waals surface area contributed by atoms with Crippen LogP contribution >= 0.6 is 11.8 Å². The Morgan fingerprint density at radius 1 is 1.24 bits per heavy atom. The van der Waals surface area contributed by atoms with Crippen molar-refractivity contribution in [3.05, 3.63) is 46.7 Å². The fourth-order valence-electron chi connectivity index (χ4n) is 3.43. The number of carbonyl (C=O) groups excluding carboxylic acids is 2. The second kappa shape index (κ2) is 8.71. The van der Waals surface area contributed by atoms with E-state index in [0.29, 0.717) is 35.2 Å². The number of methoxy groups -OCH3 is 1. The number of allylic oxidation sites excluding steroid dienone is 1. The maximum absolute atomic E-state index is 12.9. The smallest absolute Gasteiger partial charge is 0.338 e. The summed E-state index contributed by atoms with van der Waals surface area (Å²) in [5, 5.41) is 0.650. The van der Waals surface area contributed by atoms with Gasteiger partial charge in [0.25, 0.3) is 0 Å². The number of rotatable bonds is 5. The number of thioether (sulfide) groups is 1. The molecule has 3 rings (SSSR count). The summed E-state index contributed by atoms with van der Waals surface area (Å²) >= 11 is 1.54. The monoisotopic (exact) mass is 416 g/mol. The molecule has 0 spiro atoms. The molecular weight excluding hydrogens is 388 g/mol. The molecule has 1 aromatic rings. The van der Waals surface area contributed by atoms with Gasteiger partial charge in [0, 0.05) is 19.3 Å². The predicted molar refractivity (Wildman–Crippen MR) is 115 cm³/mol. The average Bonchev–Trinajstić information content (AvgIpc) is 2.66. The van der Waals surface area contributed by atoms with Crippen LogP contribution in [-0.4, -0.2) is 48.0 Å². The summed E-state index contributed by atoms with van der Waals surface area (Å²) in [6.07, 6.45) is 0.422. The molecule has 6 nitrogen and oxygen atoms in total. The molecule has 2 aliphatic rings. The SMILES string of the molecule is COCCOC(=O)C1=C(C)N=C2SCCC(=O)N2[C@@H]1c1ccc(C(C)(C)C)cc1. The van der Waals surface area contributed by atoms with Gasteiger partial charge >= 0.3 is 5.97 Å². The summed E-state index contributed by atoms with van der Waals surface area (Å²) in [5.41, 5.74) is 3.08. The van der Waals surface area contributed by atoms with E-state index in [-0.39, 0.29) is 17.9 Å². The second-order valence-corrected chi connectivity index (χ2v) is 9.22. The number of carbonyl (C=O) groups is 2. The van der Waals surface area contributed by atoms with Gasteiger partial charge in [-0.25, -0.2) is 9.79 Å². The highest BCUT2D eigenvalue weighted by Crippen LogP contribution is 2.40. The van der Waals surface area contributed by atoms with Crippen molar-refractivity contribution >= 4 is 28.8 Å². The molecule has 7 heteroatoms. The van der Waals surface area contributed by atoms with Crippen LogP contribution in [0, 0.1) is 0 Å². The molecule has 0 N–H and O–H groups in total. The van der Waals surface area contributed by atoms with Gasteiger partial charge in [-0.05, 0) is 23.5 Å². The fourth-order valence-corrected chi connectivity index (χ4v) is 4.44. The van der Waals surface area contributed by atoms with E-state index in [1.807, 2.05) is 12.1 Å². The highest BCUT2D eigenvalue weighted by Gasteiger charge is 2.41. The van der Waals surface area contributed by atoms with Crippen LogP contribution in [-0.2, 0) is 24.5 Å². The molecule has 0 aromatic heterocycles. The van der Waals surface area contributed by atoms with Crippen LogP contribution in [0.2, 0.25) is 0 Å². The number of nitrogens with zero attached hydrogens (tertiary/aromatic N) is 2. The Balaban J connectivity index is 2.04. The largest absolute Gasteiger partial charge is 0.460 e. The van der Waals surface area contributed by atoms with Crippen LogP contribution in [0.3, 0.4) is 0 Å². The third-order valence-corrected chi connectivity index (χ3v) is 5.99. The van der Waals surface area contributed by atoms with Crippen molar-refractivity contribution < 1.29 is 19.1 Å². The quantitative estimate of drug-likeness (QED) is 0.539. The molecule has 1 fully saturated rings. The van der Waals surface area contributed by atoms with Gasteiger partial charge in [-0.1, -0.05) is 56.8 Å². The first-order valence-corrected chi connectivity index (χ1v) is 10.7. The molecule has 2 heterocycles. The predicted octanol–water partition coefficient (Wildman–Crippen LogP) is 3.82. The Labute approximate surface area is 176 Å². The van der Waals surface area contributed by atoms with Crippen LogP contribution in [0.1, 0.15) is 51.3 Å². The molecule has 2 aliphatic heterocycles. The van der Waals surface area contributed by atoms with Crippen LogP contribution in [0.5, 0.6) is 0 Å². The molecule has 1 atom stereocenters. The summed E-state index contributed by atoms with van der Waals surface area (Å²) in [7, 11) is 1.55. The number of hydrogen-bond donors (Lipinski definition) is 0. The van der Waals surface area contributed by atoms with Gasteiger partial charge in [0.15, 0.2) is 5.17 Å². The number of esters is 1. The first-order chi connectivity index (χ1) is 13.7. The van der Waals surface area contributed by atoms with Gasteiger partial charge in [0.2, 0.25) is 5.91 Å². The van der Waals surface area contributed by atoms with Crippen molar-refractivity contribution in [2.24, 2.45) is 4.99 Å². The first kappa shape index (κ1) is 21.6. The topological polar surface area (TPSA) is 68.2 Å². The minimum atomic E-state index is -0.535. The maximum atomic E-state index is 12.9. The van der Waals surface area contributed by atoms with E-state index in [4.69, 9.17) is 9.47 Å². The van der Waals surface area contributed by atoms with Crippen molar-refractivity contribution in [2.45, 2.75) is 45.6 Å². The van der Waals surface area contributed by atoms with E-state index in [0.717, 1.165) is 5.56 Å². The first-order valence-electron chi connectivity index (χ1n) is 9.75. The number of aliphatic imine (C=N–C) groups is 1. The Bertz CT molecular complexity index is 853. The number of amidine groups is 1. The summed E-state index contributed by atoms with van der Waals surface area (Å²) in [4.78, 5) is 31.9. The summed E-state index contributed by atoms with van der Waals surface area (Å²) in [6, 6.07) is 7.58. The minimum Gasteiger partial charge on any atom is -0.460 e. The van der Waals surface area contributed by atoms with Crippen molar-refractivity contribution in [3.63, 3.8) is 0 Å². The number of ether oxygens (including phenoxy) is 2. The van der Waals surface area contributed by atoms with Gasteiger partial charge < -0.3 is 9.47 Å². The zero-order valence-electron chi connectivity index (χ0n) is 17.7. The van der Waals surface area contributed by atoms with Gasteiger partial charge in [0.05, 0.1) is 23.9 Å².